The number of hydrogen-bond acceptors (Lipinski definition) is 3. The maximum Gasteiger partial charge on any atom is 0.123 e. The maximum absolute atomic E-state index is 5.91. The van der Waals surface area contributed by atoms with Gasteiger partial charge in [0.1, 0.15) is 5.82 Å². The van der Waals surface area contributed by atoms with Crippen molar-refractivity contribution in [2.24, 2.45) is 0 Å². The van der Waals surface area contributed by atoms with Crippen LogP contribution in [0.3, 0.4) is 0 Å². The van der Waals surface area contributed by atoms with Gasteiger partial charge >= 0.3 is 0 Å². The zero-order valence-electron chi connectivity index (χ0n) is 8.24. The predicted octanol–water partition coefficient (Wildman–Crippen LogP) is 3.82. The van der Waals surface area contributed by atoms with E-state index in [0.717, 1.165) is 15.8 Å². The van der Waals surface area contributed by atoms with Gasteiger partial charge in [-0.1, -0.05) is 11.6 Å². The molecule has 1 heterocycles. The number of hydrogen-bond donors (Lipinski definition) is 2. The number of rotatable bonds is 2. The minimum absolute atomic E-state index is 0.496. The SMILES string of the molecule is Nc1ccc(Nc2cc(Cl)ccc2Br)cn1. The zero-order chi connectivity index (χ0) is 11.5. The molecule has 3 N–H and O–H groups in total. The molecule has 5 heteroatoms. The second-order valence-electron chi connectivity index (χ2n) is 3.22. The largest absolute Gasteiger partial charge is 0.384 e. The first kappa shape index (κ1) is 11.2. The van der Waals surface area contributed by atoms with Gasteiger partial charge in [-0.3, -0.25) is 0 Å². The van der Waals surface area contributed by atoms with Crippen LogP contribution in [0.1, 0.15) is 0 Å². The Morgan fingerprint density at radius 2 is 2.06 bits per heavy atom. The first-order valence-electron chi connectivity index (χ1n) is 4.59. The molecule has 2 aromatic rings. The van der Waals surface area contributed by atoms with Crippen molar-refractivity contribution in [2.75, 3.05) is 11.1 Å². The fourth-order valence-corrected chi connectivity index (χ4v) is 1.75. The monoisotopic (exact) mass is 297 g/mol. The second kappa shape index (κ2) is 4.72. The quantitative estimate of drug-likeness (QED) is 0.886. The topological polar surface area (TPSA) is 50.9 Å². The van der Waals surface area contributed by atoms with Gasteiger partial charge in [0.25, 0.3) is 0 Å². The smallest absolute Gasteiger partial charge is 0.123 e. The summed E-state index contributed by atoms with van der Waals surface area (Å²) in [5, 5.41) is 3.87. The summed E-state index contributed by atoms with van der Waals surface area (Å²) in [6.07, 6.45) is 1.67. The van der Waals surface area contributed by atoms with E-state index in [1.807, 2.05) is 24.3 Å². The molecule has 1 aromatic heterocycles. The van der Waals surface area contributed by atoms with Gasteiger partial charge in [-0.25, -0.2) is 4.98 Å². The summed E-state index contributed by atoms with van der Waals surface area (Å²) >= 11 is 9.35. The van der Waals surface area contributed by atoms with Crippen molar-refractivity contribution >= 4 is 44.7 Å². The van der Waals surface area contributed by atoms with E-state index in [9.17, 15) is 0 Å². The molecule has 0 bridgehead atoms. The molecule has 2 rings (SSSR count). The van der Waals surface area contributed by atoms with Crippen LogP contribution in [0.2, 0.25) is 5.02 Å². The molecule has 0 saturated carbocycles. The zero-order valence-corrected chi connectivity index (χ0v) is 10.6. The lowest BCUT2D eigenvalue weighted by Gasteiger charge is -2.08. The van der Waals surface area contributed by atoms with E-state index >= 15 is 0 Å². The van der Waals surface area contributed by atoms with Crippen LogP contribution in [0.25, 0.3) is 0 Å². The number of aromatic nitrogens is 1. The van der Waals surface area contributed by atoms with Crippen molar-refractivity contribution in [1.82, 2.24) is 4.98 Å². The Bertz CT molecular complexity index is 499. The number of pyridine rings is 1. The average molecular weight is 299 g/mol. The van der Waals surface area contributed by atoms with Gasteiger partial charge in [-0.15, -0.1) is 0 Å². The molecule has 0 radical (unpaired) electrons. The van der Waals surface area contributed by atoms with Crippen LogP contribution in [-0.4, -0.2) is 4.98 Å². The highest BCUT2D eigenvalue weighted by Gasteiger charge is 2.01. The number of nitrogen functional groups attached to an aromatic ring is 1. The Labute approximate surface area is 107 Å². The second-order valence-corrected chi connectivity index (χ2v) is 4.51. The third kappa shape index (κ3) is 2.65. The van der Waals surface area contributed by atoms with E-state index < -0.39 is 0 Å². The highest BCUT2D eigenvalue weighted by molar-refractivity contribution is 9.10. The van der Waals surface area contributed by atoms with E-state index in [-0.39, 0.29) is 0 Å². The van der Waals surface area contributed by atoms with Gasteiger partial charge < -0.3 is 11.1 Å². The van der Waals surface area contributed by atoms with Crippen LogP contribution < -0.4 is 11.1 Å². The van der Waals surface area contributed by atoms with Gasteiger partial charge in [0.15, 0.2) is 0 Å². The minimum atomic E-state index is 0.496. The van der Waals surface area contributed by atoms with Gasteiger partial charge in [-0.2, -0.15) is 0 Å². The Morgan fingerprint density at radius 3 is 2.75 bits per heavy atom. The molecular formula is C11H9BrClN3. The van der Waals surface area contributed by atoms with Crippen LogP contribution in [-0.2, 0) is 0 Å². The van der Waals surface area contributed by atoms with Crippen molar-refractivity contribution < 1.29 is 0 Å². The molecule has 0 atom stereocenters. The number of nitrogens with one attached hydrogen (secondary N) is 1. The average Bonchev–Trinajstić information content (AvgIpc) is 2.27. The molecule has 0 spiro atoms. The standard InChI is InChI=1S/C11H9BrClN3/c12-9-3-1-7(13)5-10(9)16-8-2-4-11(14)15-6-8/h1-6,16H,(H2,14,15). The summed E-state index contributed by atoms with van der Waals surface area (Å²) in [7, 11) is 0. The number of nitrogens with two attached hydrogens (primary N) is 1. The number of anilines is 3. The lowest BCUT2D eigenvalue weighted by Crippen LogP contribution is -1.94. The van der Waals surface area contributed by atoms with Gasteiger partial charge in [0.2, 0.25) is 0 Å². The summed E-state index contributed by atoms with van der Waals surface area (Å²) in [5.41, 5.74) is 7.25. The molecule has 1 aromatic carbocycles. The molecule has 16 heavy (non-hydrogen) atoms. The number of halogens is 2. The lowest BCUT2D eigenvalue weighted by atomic mass is 10.3. The molecule has 82 valence electrons. The highest BCUT2D eigenvalue weighted by Crippen LogP contribution is 2.28. The molecule has 0 amide bonds. The van der Waals surface area contributed by atoms with Crippen LogP contribution in [0, 0.1) is 0 Å². The third-order valence-electron chi connectivity index (χ3n) is 1.99. The molecule has 0 fully saturated rings. The van der Waals surface area contributed by atoms with Crippen LogP contribution in [0.4, 0.5) is 17.2 Å². The first-order valence-corrected chi connectivity index (χ1v) is 5.76. The van der Waals surface area contributed by atoms with E-state index in [1.54, 1.807) is 12.3 Å². The van der Waals surface area contributed by atoms with E-state index in [0.29, 0.717) is 10.8 Å². The van der Waals surface area contributed by atoms with Crippen molar-refractivity contribution in [3.8, 4) is 0 Å². The third-order valence-corrected chi connectivity index (χ3v) is 2.92. The predicted molar refractivity (Wildman–Crippen MR) is 71.1 cm³/mol. The van der Waals surface area contributed by atoms with Gasteiger partial charge in [0.05, 0.1) is 17.6 Å². The van der Waals surface area contributed by atoms with Crippen LogP contribution in [0.15, 0.2) is 41.0 Å². The van der Waals surface area contributed by atoms with Crippen molar-refractivity contribution in [1.29, 1.82) is 0 Å². The van der Waals surface area contributed by atoms with E-state index in [1.165, 1.54) is 0 Å². The number of nitrogens with zero attached hydrogens (tertiary/aromatic N) is 1. The first-order chi connectivity index (χ1) is 7.65. The summed E-state index contributed by atoms with van der Waals surface area (Å²) < 4.78 is 0.939. The molecule has 0 unspecified atom stereocenters. The lowest BCUT2D eigenvalue weighted by molar-refractivity contribution is 1.33. The summed E-state index contributed by atoms with van der Waals surface area (Å²) in [6.45, 7) is 0. The van der Waals surface area contributed by atoms with E-state index in [2.05, 4.69) is 26.2 Å². The Kier molecular flexibility index (Phi) is 3.31. The Balaban J connectivity index is 2.26. The Hall–Kier alpha value is -1.26. The summed E-state index contributed by atoms with van der Waals surface area (Å²) in [5.74, 6) is 0.496. The summed E-state index contributed by atoms with van der Waals surface area (Å²) in [6, 6.07) is 9.13. The maximum atomic E-state index is 5.91. The minimum Gasteiger partial charge on any atom is -0.384 e. The van der Waals surface area contributed by atoms with Crippen LogP contribution >= 0.6 is 27.5 Å². The highest BCUT2D eigenvalue weighted by atomic mass is 79.9. The fourth-order valence-electron chi connectivity index (χ4n) is 1.23. The van der Waals surface area contributed by atoms with Crippen molar-refractivity contribution in [2.45, 2.75) is 0 Å². The fraction of sp³-hybridized carbons (Fsp3) is 0. The van der Waals surface area contributed by atoms with Gasteiger partial charge in [-0.05, 0) is 46.3 Å². The molecule has 0 aliphatic rings. The normalized spacial score (nSPS) is 10.1. The van der Waals surface area contributed by atoms with Crippen molar-refractivity contribution in [3.05, 3.63) is 46.0 Å². The Morgan fingerprint density at radius 1 is 1.25 bits per heavy atom. The summed E-state index contributed by atoms with van der Waals surface area (Å²) in [4.78, 5) is 3.99. The van der Waals surface area contributed by atoms with Crippen LogP contribution in [0.5, 0.6) is 0 Å². The number of benzene rings is 1. The van der Waals surface area contributed by atoms with Crippen molar-refractivity contribution in [3.63, 3.8) is 0 Å². The molecule has 0 aliphatic heterocycles. The molecular weight excluding hydrogens is 289 g/mol. The molecule has 0 saturated heterocycles. The molecule has 3 nitrogen and oxygen atoms in total. The molecule has 0 aliphatic carbocycles. The van der Waals surface area contributed by atoms with E-state index in [4.69, 9.17) is 17.3 Å². The van der Waals surface area contributed by atoms with Gasteiger partial charge in [0, 0.05) is 9.50 Å².